The standard InChI is InChI=1S/C29H33ClF2N4O6/c1-35(2)15-27(39)41-17-23(37)13-22(36(3)26(38)10-8-18-5-4-6-24(32)28(18)30)16-42-29(40)34-25-12-20-11-21(31)9-7-19(20)14-33-25/h4-7,9,11-12,14,22-23,37H,8,10,13,15-17H2,1-3H3,(H,33,34,40)/t22-,23?/m0/s1. The van der Waals surface area contributed by atoms with Crippen LogP contribution in [0.5, 0.6) is 0 Å². The number of pyridine rings is 1. The van der Waals surface area contributed by atoms with E-state index in [9.17, 15) is 28.3 Å². The van der Waals surface area contributed by atoms with Gasteiger partial charge in [-0.15, -0.1) is 0 Å². The molecule has 226 valence electrons. The number of carbonyl (C=O) groups excluding carboxylic acids is 3. The van der Waals surface area contributed by atoms with Crippen LogP contribution < -0.4 is 5.32 Å². The van der Waals surface area contributed by atoms with Crippen LogP contribution in [0.4, 0.5) is 19.4 Å². The summed E-state index contributed by atoms with van der Waals surface area (Å²) in [5, 5.41) is 14.1. The summed E-state index contributed by atoms with van der Waals surface area (Å²) in [5.41, 5.74) is 0.459. The molecule has 0 bridgehead atoms. The highest BCUT2D eigenvalue weighted by Crippen LogP contribution is 2.22. The number of rotatable bonds is 13. The Hall–Kier alpha value is -3.87. The van der Waals surface area contributed by atoms with Gasteiger partial charge in [0.2, 0.25) is 5.91 Å². The summed E-state index contributed by atoms with van der Waals surface area (Å²) in [6, 6.07) is 9.16. The van der Waals surface area contributed by atoms with Gasteiger partial charge in [-0.3, -0.25) is 19.8 Å². The molecule has 13 heteroatoms. The van der Waals surface area contributed by atoms with Crippen LogP contribution in [0.25, 0.3) is 10.8 Å². The number of nitrogens with one attached hydrogen (secondary N) is 1. The van der Waals surface area contributed by atoms with Gasteiger partial charge < -0.3 is 19.5 Å². The minimum Gasteiger partial charge on any atom is -0.462 e. The summed E-state index contributed by atoms with van der Waals surface area (Å²) in [4.78, 5) is 44.5. The Labute approximate surface area is 247 Å². The lowest BCUT2D eigenvalue weighted by molar-refractivity contribution is -0.148. The normalized spacial score (nSPS) is 12.6. The molecule has 2 N–H and O–H groups in total. The van der Waals surface area contributed by atoms with Crippen molar-refractivity contribution in [2.45, 2.75) is 31.4 Å². The fraction of sp³-hybridized carbons (Fsp3) is 0.379. The first-order chi connectivity index (χ1) is 19.9. The van der Waals surface area contributed by atoms with E-state index in [1.54, 1.807) is 31.1 Å². The summed E-state index contributed by atoms with van der Waals surface area (Å²) in [6.07, 6.45) is -0.543. The Morgan fingerprint density at radius 2 is 1.81 bits per heavy atom. The molecule has 0 aliphatic heterocycles. The van der Waals surface area contributed by atoms with Crippen LogP contribution in [0.1, 0.15) is 18.4 Å². The molecule has 0 saturated heterocycles. The monoisotopic (exact) mass is 606 g/mol. The number of fused-ring (bicyclic) bond motifs is 1. The first-order valence-corrected chi connectivity index (χ1v) is 13.5. The van der Waals surface area contributed by atoms with E-state index in [0.717, 1.165) is 0 Å². The van der Waals surface area contributed by atoms with Crippen molar-refractivity contribution in [2.24, 2.45) is 0 Å². The fourth-order valence-corrected chi connectivity index (χ4v) is 4.29. The van der Waals surface area contributed by atoms with E-state index in [1.807, 2.05) is 0 Å². The smallest absolute Gasteiger partial charge is 0.412 e. The number of nitrogens with zero attached hydrogens (tertiary/aromatic N) is 3. The number of benzene rings is 2. The second-order valence-corrected chi connectivity index (χ2v) is 10.3. The molecule has 3 rings (SSSR count). The Bertz CT molecular complexity index is 1410. The highest BCUT2D eigenvalue weighted by molar-refractivity contribution is 6.31. The minimum absolute atomic E-state index is 0.0237. The molecule has 2 amide bonds. The maximum Gasteiger partial charge on any atom is 0.412 e. The van der Waals surface area contributed by atoms with Gasteiger partial charge in [0, 0.05) is 31.5 Å². The number of hydrogen-bond donors (Lipinski definition) is 2. The van der Waals surface area contributed by atoms with E-state index in [-0.39, 0.29) is 55.8 Å². The average molecular weight is 607 g/mol. The van der Waals surface area contributed by atoms with Crippen molar-refractivity contribution < 1.29 is 37.7 Å². The van der Waals surface area contributed by atoms with E-state index in [0.29, 0.717) is 16.3 Å². The van der Waals surface area contributed by atoms with E-state index < -0.39 is 35.8 Å². The van der Waals surface area contributed by atoms with Crippen molar-refractivity contribution >= 4 is 46.2 Å². The zero-order chi connectivity index (χ0) is 30.8. The largest absolute Gasteiger partial charge is 0.462 e. The molecular formula is C29H33ClF2N4O6. The molecule has 2 aromatic carbocycles. The van der Waals surface area contributed by atoms with E-state index in [4.69, 9.17) is 21.1 Å². The predicted molar refractivity (Wildman–Crippen MR) is 153 cm³/mol. The zero-order valence-corrected chi connectivity index (χ0v) is 24.2. The Morgan fingerprint density at radius 1 is 1.05 bits per heavy atom. The second kappa shape index (κ2) is 15.4. The summed E-state index contributed by atoms with van der Waals surface area (Å²) in [6.45, 7) is -0.622. The number of aliphatic hydroxyl groups excluding tert-OH is 1. The molecule has 1 unspecified atom stereocenters. The lowest BCUT2D eigenvalue weighted by Crippen LogP contribution is -2.43. The molecule has 10 nitrogen and oxygen atoms in total. The number of hydrogen-bond acceptors (Lipinski definition) is 8. The summed E-state index contributed by atoms with van der Waals surface area (Å²) in [7, 11) is 4.87. The zero-order valence-electron chi connectivity index (χ0n) is 23.5. The second-order valence-electron chi connectivity index (χ2n) is 9.97. The Kier molecular flexibility index (Phi) is 12.0. The van der Waals surface area contributed by atoms with E-state index in [2.05, 4.69) is 10.3 Å². The van der Waals surface area contributed by atoms with Crippen molar-refractivity contribution in [1.29, 1.82) is 0 Å². The predicted octanol–water partition coefficient (Wildman–Crippen LogP) is 4.03. The highest BCUT2D eigenvalue weighted by Gasteiger charge is 2.26. The molecule has 3 aromatic rings. The Morgan fingerprint density at radius 3 is 2.55 bits per heavy atom. The van der Waals surface area contributed by atoms with Crippen LogP contribution in [-0.4, -0.2) is 90.9 Å². The summed E-state index contributed by atoms with van der Waals surface area (Å²) >= 11 is 6.00. The van der Waals surface area contributed by atoms with Crippen LogP contribution >= 0.6 is 11.6 Å². The number of carbonyl (C=O) groups is 3. The molecule has 0 spiro atoms. The van der Waals surface area contributed by atoms with Gasteiger partial charge in [0.25, 0.3) is 0 Å². The number of likely N-dealkylation sites (N-methyl/N-ethyl adjacent to an activating group) is 2. The highest BCUT2D eigenvalue weighted by atomic mass is 35.5. The van der Waals surface area contributed by atoms with Gasteiger partial charge in [0.1, 0.15) is 30.7 Å². The summed E-state index contributed by atoms with van der Waals surface area (Å²) in [5.74, 6) is -1.82. The van der Waals surface area contributed by atoms with Crippen molar-refractivity contribution in [3.05, 3.63) is 70.9 Å². The number of aromatic nitrogens is 1. The van der Waals surface area contributed by atoms with Crippen LogP contribution in [-0.2, 0) is 25.5 Å². The molecule has 0 saturated carbocycles. The number of aryl methyl sites for hydroxylation is 1. The number of amides is 2. The molecule has 0 radical (unpaired) electrons. The molecule has 0 aliphatic carbocycles. The summed E-state index contributed by atoms with van der Waals surface area (Å²) < 4.78 is 37.8. The number of anilines is 1. The number of esters is 1. The Balaban J connectivity index is 1.64. The number of halogens is 3. The van der Waals surface area contributed by atoms with Crippen molar-refractivity contribution in [3.8, 4) is 0 Å². The van der Waals surface area contributed by atoms with Gasteiger partial charge in [-0.1, -0.05) is 23.7 Å². The molecule has 0 fully saturated rings. The fourth-order valence-electron chi connectivity index (χ4n) is 4.07. The molecule has 1 heterocycles. The average Bonchev–Trinajstić information content (AvgIpc) is 2.93. The molecule has 42 heavy (non-hydrogen) atoms. The van der Waals surface area contributed by atoms with Gasteiger partial charge in [-0.25, -0.2) is 18.6 Å². The van der Waals surface area contributed by atoms with Gasteiger partial charge in [0.05, 0.1) is 23.7 Å². The number of ether oxygens (including phenoxy) is 2. The van der Waals surface area contributed by atoms with Crippen LogP contribution in [0.2, 0.25) is 5.02 Å². The quantitative estimate of drug-likeness (QED) is 0.280. The van der Waals surface area contributed by atoms with Crippen LogP contribution in [0.3, 0.4) is 0 Å². The number of aliphatic hydroxyl groups is 1. The molecule has 0 aliphatic rings. The van der Waals surface area contributed by atoms with Crippen molar-refractivity contribution in [2.75, 3.05) is 46.2 Å². The van der Waals surface area contributed by atoms with Crippen molar-refractivity contribution in [3.63, 3.8) is 0 Å². The maximum atomic E-state index is 13.8. The third-order valence-corrected chi connectivity index (χ3v) is 6.75. The topological polar surface area (TPSA) is 121 Å². The van der Waals surface area contributed by atoms with Crippen molar-refractivity contribution in [1.82, 2.24) is 14.8 Å². The van der Waals surface area contributed by atoms with Gasteiger partial charge in [-0.2, -0.15) is 0 Å². The molecule has 2 atom stereocenters. The van der Waals surface area contributed by atoms with E-state index in [1.165, 1.54) is 48.5 Å². The van der Waals surface area contributed by atoms with E-state index >= 15 is 0 Å². The first-order valence-electron chi connectivity index (χ1n) is 13.1. The van der Waals surface area contributed by atoms with Crippen LogP contribution in [0.15, 0.2) is 48.7 Å². The maximum absolute atomic E-state index is 13.8. The molecular weight excluding hydrogens is 574 g/mol. The first kappa shape index (κ1) is 32.6. The lowest BCUT2D eigenvalue weighted by atomic mass is 10.1. The minimum atomic E-state index is -1.17. The van der Waals surface area contributed by atoms with Crippen LogP contribution in [0, 0.1) is 11.6 Å². The lowest BCUT2D eigenvalue weighted by Gasteiger charge is -2.29. The van der Waals surface area contributed by atoms with Gasteiger partial charge in [-0.05, 0) is 61.8 Å². The third kappa shape index (κ3) is 9.89. The van der Waals surface area contributed by atoms with Gasteiger partial charge in [0.15, 0.2) is 0 Å². The molecule has 1 aromatic heterocycles. The van der Waals surface area contributed by atoms with Gasteiger partial charge >= 0.3 is 12.1 Å². The SMILES string of the molecule is CN(C)CC(=O)OCC(O)C[C@@H](COC(=O)Nc1cc2cc(F)ccc2cn1)N(C)C(=O)CCc1cccc(F)c1Cl. The third-order valence-electron chi connectivity index (χ3n) is 6.33.